The van der Waals surface area contributed by atoms with Crippen molar-refractivity contribution in [1.82, 2.24) is 4.57 Å². The summed E-state index contributed by atoms with van der Waals surface area (Å²) in [6.45, 7) is 6.25. The number of rotatable bonds is 4. The highest BCUT2D eigenvalue weighted by Gasteiger charge is 2.19. The molecular weight excluding hydrogens is 348 g/mol. The van der Waals surface area contributed by atoms with Crippen LogP contribution in [0.3, 0.4) is 0 Å². The van der Waals surface area contributed by atoms with Gasteiger partial charge >= 0.3 is 4.87 Å². The molecule has 136 valence electrons. The summed E-state index contributed by atoms with van der Waals surface area (Å²) < 4.78 is 8.18. The molecule has 0 bridgehead atoms. The molecule has 1 amide bonds. The standard InChI is InChI=1S/C20H22N2O3S/c1-20(2,3)14-7-5-6-8-16(14)25-12-18(23)21-13-9-10-15-17(11-13)26-19(24)22(15)4/h5-11H,12H2,1-4H3,(H,21,23). The molecule has 0 saturated carbocycles. The lowest BCUT2D eigenvalue weighted by atomic mass is 9.86. The molecule has 0 radical (unpaired) electrons. The van der Waals surface area contributed by atoms with Crippen molar-refractivity contribution in [3.63, 3.8) is 0 Å². The van der Waals surface area contributed by atoms with Crippen molar-refractivity contribution in [2.75, 3.05) is 11.9 Å². The molecule has 0 fully saturated rings. The van der Waals surface area contributed by atoms with Crippen molar-refractivity contribution in [3.8, 4) is 5.75 Å². The number of aromatic nitrogens is 1. The molecule has 0 saturated heterocycles. The molecule has 0 spiro atoms. The first-order valence-corrected chi connectivity index (χ1v) is 9.19. The van der Waals surface area contributed by atoms with E-state index in [2.05, 4.69) is 26.1 Å². The van der Waals surface area contributed by atoms with E-state index in [1.165, 1.54) is 0 Å². The number of ether oxygens (including phenoxy) is 1. The van der Waals surface area contributed by atoms with Crippen molar-refractivity contribution in [3.05, 3.63) is 57.7 Å². The van der Waals surface area contributed by atoms with Crippen LogP contribution in [0.2, 0.25) is 0 Å². The Morgan fingerprint density at radius 2 is 1.92 bits per heavy atom. The maximum atomic E-state index is 12.3. The molecule has 0 aliphatic rings. The number of carbonyl (C=O) groups is 1. The topological polar surface area (TPSA) is 60.3 Å². The monoisotopic (exact) mass is 370 g/mol. The van der Waals surface area contributed by atoms with E-state index in [4.69, 9.17) is 4.74 Å². The zero-order valence-corrected chi connectivity index (χ0v) is 16.1. The minimum atomic E-state index is -0.239. The molecule has 0 unspecified atom stereocenters. The Morgan fingerprint density at radius 3 is 2.65 bits per heavy atom. The van der Waals surface area contributed by atoms with Crippen LogP contribution in [0.5, 0.6) is 5.75 Å². The van der Waals surface area contributed by atoms with Crippen molar-refractivity contribution in [2.45, 2.75) is 26.2 Å². The third-order valence-corrected chi connectivity index (χ3v) is 5.13. The molecule has 26 heavy (non-hydrogen) atoms. The average Bonchev–Trinajstić information content (AvgIpc) is 2.86. The number of nitrogens with one attached hydrogen (secondary N) is 1. The number of aryl methyl sites for hydroxylation is 1. The van der Waals surface area contributed by atoms with E-state index in [9.17, 15) is 9.59 Å². The Labute approximate surface area is 156 Å². The fourth-order valence-corrected chi connectivity index (χ4v) is 3.68. The molecule has 1 heterocycles. The highest BCUT2D eigenvalue weighted by Crippen LogP contribution is 2.31. The quantitative estimate of drug-likeness (QED) is 0.757. The highest BCUT2D eigenvalue weighted by molar-refractivity contribution is 7.16. The molecule has 1 aromatic heterocycles. The lowest BCUT2D eigenvalue weighted by Crippen LogP contribution is -2.21. The van der Waals surface area contributed by atoms with Crippen LogP contribution in [0.1, 0.15) is 26.3 Å². The number of hydrogen-bond acceptors (Lipinski definition) is 4. The molecule has 0 aliphatic heterocycles. The van der Waals surface area contributed by atoms with Crippen LogP contribution >= 0.6 is 11.3 Å². The minimum absolute atomic E-state index is 0.0226. The van der Waals surface area contributed by atoms with Crippen LogP contribution in [0, 0.1) is 0 Å². The van der Waals surface area contributed by atoms with Crippen LogP contribution in [-0.4, -0.2) is 17.1 Å². The Morgan fingerprint density at radius 1 is 1.19 bits per heavy atom. The number of carbonyl (C=O) groups excluding carboxylic acids is 1. The second-order valence-corrected chi connectivity index (χ2v) is 8.19. The van der Waals surface area contributed by atoms with Crippen molar-refractivity contribution < 1.29 is 9.53 Å². The summed E-state index contributed by atoms with van der Waals surface area (Å²) in [6, 6.07) is 13.2. The number of anilines is 1. The van der Waals surface area contributed by atoms with Crippen molar-refractivity contribution in [1.29, 1.82) is 0 Å². The second kappa shape index (κ2) is 6.96. The second-order valence-electron chi connectivity index (χ2n) is 7.19. The van der Waals surface area contributed by atoms with E-state index in [0.717, 1.165) is 27.1 Å². The number of fused-ring (bicyclic) bond motifs is 1. The summed E-state index contributed by atoms with van der Waals surface area (Å²) in [7, 11) is 1.74. The van der Waals surface area contributed by atoms with Gasteiger partial charge < -0.3 is 14.6 Å². The van der Waals surface area contributed by atoms with Crippen LogP contribution < -0.4 is 14.9 Å². The summed E-state index contributed by atoms with van der Waals surface area (Å²) in [5, 5.41) is 2.82. The number of benzene rings is 2. The van der Waals surface area contributed by atoms with Gasteiger partial charge in [-0.2, -0.15) is 0 Å². The van der Waals surface area contributed by atoms with Gasteiger partial charge in [0.1, 0.15) is 5.75 Å². The molecule has 1 N–H and O–H groups in total. The Bertz CT molecular complexity index is 1010. The largest absolute Gasteiger partial charge is 0.483 e. The smallest absolute Gasteiger partial charge is 0.307 e. The molecule has 3 aromatic rings. The predicted octanol–water partition coefficient (Wildman–Crippen LogP) is 3.92. The molecule has 0 aliphatic carbocycles. The lowest BCUT2D eigenvalue weighted by Gasteiger charge is -2.22. The molecular formula is C20H22N2O3S. The number of para-hydroxylation sites is 1. The summed E-state index contributed by atoms with van der Waals surface area (Å²) in [4.78, 5) is 24.0. The van der Waals surface area contributed by atoms with Crippen LogP contribution in [-0.2, 0) is 17.3 Å². The average molecular weight is 370 g/mol. The zero-order valence-electron chi connectivity index (χ0n) is 15.3. The zero-order chi connectivity index (χ0) is 18.9. The molecule has 6 heteroatoms. The van der Waals surface area contributed by atoms with Crippen LogP contribution in [0.15, 0.2) is 47.3 Å². The van der Waals surface area contributed by atoms with Crippen LogP contribution in [0.4, 0.5) is 5.69 Å². The van der Waals surface area contributed by atoms with Gasteiger partial charge in [-0.3, -0.25) is 9.59 Å². The minimum Gasteiger partial charge on any atom is -0.483 e. The number of thiazole rings is 1. The van der Waals surface area contributed by atoms with Crippen molar-refractivity contribution >= 4 is 33.1 Å². The van der Waals surface area contributed by atoms with E-state index < -0.39 is 0 Å². The first kappa shape index (κ1) is 18.2. The Kier molecular flexibility index (Phi) is 4.87. The first-order chi connectivity index (χ1) is 12.3. The van der Waals surface area contributed by atoms with Gasteiger partial charge in [0.2, 0.25) is 0 Å². The van der Waals surface area contributed by atoms with Gasteiger partial charge in [0.25, 0.3) is 5.91 Å². The molecule has 3 rings (SSSR count). The summed E-state index contributed by atoms with van der Waals surface area (Å²) in [6.07, 6.45) is 0. The number of hydrogen-bond donors (Lipinski definition) is 1. The van der Waals surface area contributed by atoms with E-state index in [-0.39, 0.29) is 22.8 Å². The fourth-order valence-electron chi connectivity index (χ4n) is 2.76. The van der Waals surface area contributed by atoms with Gasteiger partial charge in [0.15, 0.2) is 6.61 Å². The highest BCUT2D eigenvalue weighted by atomic mass is 32.1. The SMILES string of the molecule is Cn1c(=O)sc2cc(NC(=O)COc3ccccc3C(C)(C)C)ccc21. The van der Waals surface area contributed by atoms with Gasteiger partial charge in [-0.15, -0.1) is 0 Å². The summed E-state index contributed by atoms with van der Waals surface area (Å²) >= 11 is 1.16. The van der Waals surface area contributed by atoms with Crippen molar-refractivity contribution in [2.24, 2.45) is 7.05 Å². The number of nitrogens with zero attached hydrogens (tertiary/aromatic N) is 1. The van der Waals surface area contributed by atoms with E-state index in [0.29, 0.717) is 11.4 Å². The maximum Gasteiger partial charge on any atom is 0.307 e. The van der Waals surface area contributed by atoms with E-state index in [1.54, 1.807) is 17.7 Å². The third-order valence-electron chi connectivity index (χ3n) is 4.13. The van der Waals surface area contributed by atoms with Gasteiger partial charge in [0.05, 0.1) is 10.2 Å². The van der Waals surface area contributed by atoms with Gasteiger partial charge in [0, 0.05) is 12.7 Å². The third kappa shape index (κ3) is 3.80. The molecule has 2 aromatic carbocycles. The van der Waals surface area contributed by atoms with Gasteiger partial charge in [-0.1, -0.05) is 50.3 Å². The predicted molar refractivity (Wildman–Crippen MR) is 106 cm³/mol. The fraction of sp³-hybridized carbons (Fsp3) is 0.300. The van der Waals surface area contributed by atoms with E-state index >= 15 is 0 Å². The Balaban J connectivity index is 1.69. The first-order valence-electron chi connectivity index (χ1n) is 8.37. The lowest BCUT2D eigenvalue weighted by molar-refractivity contribution is -0.118. The van der Waals surface area contributed by atoms with Gasteiger partial charge in [-0.25, -0.2) is 0 Å². The van der Waals surface area contributed by atoms with Gasteiger partial charge in [-0.05, 0) is 35.2 Å². The molecule has 0 atom stereocenters. The summed E-state index contributed by atoms with van der Waals surface area (Å²) in [5.41, 5.74) is 2.50. The number of amides is 1. The Hall–Kier alpha value is -2.60. The summed E-state index contributed by atoms with van der Waals surface area (Å²) in [5.74, 6) is 0.475. The van der Waals surface area contributed by atoms with Crippen LogP contribution in [0.25, 0.3) is 10.2 Å². The maximum absolute atomic E-state index is 12.3. The molecule has 5 nitrogen and oxygen atoms in total. The van der Waals surface area contributed by atoms with E-state index in [1.807, 2.05) is 36.4 Å². The normalized spacial score (nSPS) is 11.5.